The van der Waals surface area contributed by atoms with Gasteiger partial charge in [0.1, 0.15) is 5.75 Å². The molecule has 2 aromatic heterocycles. The van der Waals surface area contributed by atoms with Crippen molar-refractivity contribution in [1.29, 1.82) is 0 Å². The molecule has 0 aliphatic rings. The number of nitrogens with two attached hydrogens (primary N) is 1. The molecule has 0 aliphatic heterocycles. The number of aromatic hydroxyl groups is 1. The van der Waals surface area contributed by atoms with Gasteiger partial charge in [-0.2, -0.15) is 9.97 Å². The molecule has 0 fully saturated rings. The Kier molecular flexibility index (Phi) is 6.53. The molecule has 29 heavy (non-hydrogen) atoms. The number of rotatable bonds is 9. The van der Waals surface area contributed by atoms with E-state index in [4.69, 9.17) is 10.7 Å². The standard InChI is InChI=1S/C21H31N7O/c1-5-16(6-2)28-12-25-18-19(23-11-15-9-13(3)7-8-17(15)29)26-21(27-20(18)28)24-10-14(4)22/h7-9,12,14,16,29H,5-6,10-11,22H2,1-4H3,(H2,23,24,26,27). The van der Waals surface area contributed by atoms with Crippen LogP contribution in [0.1, 0.15) is 50.8 Å². The number of benzene rings is 1. The number of hydrogen-bond donors (Lipinski definition) is 4. The molecule has 0 spiro atoms. The highest BCUT2D eigenvalue weighted by Crippen LogP contribution is 2.27. The predicted octanol–water partition coefficient (Wildman–Crippen LogP) is 3.57. The van der Waals surface area contributed by atoms with Crippen LogP contribution < -0.4 is 16.4 Å². The molecule has 3 rings (SSSR count). The van der Waals surface area contributed by atoms with E-state index in [1.807, 2.05) is 32.3 Å². The number of aromatic nitrogens is 4. The maximum absolute atomic E-state index is 10.1. The van der Waals surface area contributed by atoms with Crippen LogP contribution >= 0.6 is 0 Å². The lowest BCUT2D eigenvalue weighted by molar-refractivity contribution is 0.469. The van der Waals surface area contributed by atoms with Gasteiger partial charge in [-0.3, -0.25) is 0 Å². The molecule has 1 atom stereocenters. The van der Waals surface area contributed by atoms with Crippen molar-refractivity contribution >= 4 is 22.9 Å². The van der Waals surface area contributed by atoms with Crippen molar-refractivity contribution in [3.63, 3.8) is 0 Å². The van der Waals surface area contributed by atoms with Crippen LogP contribution in [0.5, 0.6) is 5.75 Å². The van der Waals surface area contributed by atoms with Gasteiger partial charge in [0.15, 0.2) is 17.0 Å². The maximum Gasteiger partial charge on any atom is 0.226 e. The quantitative estimate of drug-likeness (QED) is 0.436. The number of imidazole rings is 1. The third-order valence-corrected chi connectivity index (χ3v) is 5.02. The highest BCUT2D eigenvalue weighted by molar-refractivity contribution is 5.84. The normalized spacial score (nSPS) is 12.5. The summed E-state index contributed by atoms with van der Waals surface area (Å²) in [7, 11) is 0. The zero-order valence-electron chi connectivity index (χ0n) is 17.6. The highest BCUT2D eigenvalue weighted by atomic mass is 16.3. The molecule has 0 bridgehead atoms. The number of phenols is 1. The van der Waals surface area contributed by atoms with Crippen LogP contribution in [0.25, 0.3) is 11.2 Å². The summed E-state index contributed by atoms with van der Waals surface area (Å²) < 4.78 is 2.11. The summed E-state index contributed by atoms with van der Waals surface area (Å²) in [6.07, 6.45) is 3.82. The predicted molar refractivity (Wildman–Crippen MR) is 117 cm³/mol. The first-order valence-corrected chi connectivity index (χ1v) is 10.2. The number of nitrogens with one attached hydrogen (secondary N) is 2. The van der Waals surface area contributed by atoms with Crippen LogP contribution in [0.15, 0.2) is 24.5 Å². The first kappa shape index (κ1) is 20.9. The molecule has 0 aliphatic carbocycles. The number of aryl methyl sites for hydroxylation is 1. The van der Waals surface area contributed by atoms with Crippen molar-refractivity contribution < 1.29 is 5.11 Å². The molecule has 5 N–H and O–H groups in total. The van der Waals surface area contributed by atoms with Gasteiger partial charge in [0.05, 0.1) is 6.33 Å². The summed E-state index contributed by atoms with van der Waals surface area (Å²) in [5.41, 5.74) is 9.28. The Balaban J connectivity index is 1.98. The minimum atomic E-state index is -0.0149. The van der Waals surface area contributed by atoms with Gasteiger partial charge in [-0.25, -0.2) is 4.98 Å². The molecule has 1 unspecified atom stereocenters. The lowest BCUT2D eigenvalue weighted by Crippen LogP contribution is -2.26. The van der Waals surface area contributed by atoms with Gasteiger partial charge in [-0.15, -0.1) is 0 Å². The zero-order valence-corrected chi connectivity index (χ0v) is 17.6. The van der Waals surface area contributed by atoms with E-state index in [1.54, 1.807) is 6.07 Å². The highest BCUT2D eigenvalue weighted by Gasteiger charge is 2.17. The fourth-order valence-electron chi connectivity index (χ4n) is 3.36. The van der Waals surface area contributed by atoms with E-state index >= 15 is 0 Å². The topological polar surface area (TPSA) is 114 Å². The molecular weight excluding hydrogens is 366 g/mol. The maximum atomic E-state index is 10.1. The molecule has 156 valence electrons. The number of phenolic OH excluding ortho intramolecular Hbond substituents is 1. The Hall–Kier alpha value is -2.87. The summed E-state index contributed by atoms with van der Waals surface area (Å²) in [6, 6.07) is 5.86. The van der Waals surface area contributed by atoms with E-state index < -0.39 is 0 Å². The lowest BCUT2D eigenvalue weighted by Gasteiger charge is -2.16. The Labute approximate surface area is 171 Å². The molecule has 0 saturated heterocycles. The van der Waals surface area contributed by atoms with Gasteiger partial charge in [0, 0.05) is 30.7 Å². The van der Waals surface area contributed by atoms with Crippen LogP contribution in [0.2, 0.25) is 0 Å². The summed E-state index contributed by atoms with van der Waals surface area (Å²) >= 11 is 0. The second-order valence-corrected chi connectivity index (χ2v) is 7.53. The minimum absolute atomic E-state index is 0.0149. The lowest BCUT2D eigenvalue weighted by atomic mass is 10.1. The van der Waals surface area contributed by atoms with E-state index in [-0.39, 0.29) is 11.8 Å². The summed E-state index contributed by atoms with van der Waals surface area (Å²) in [6.45, 7) is 9.26. The van der Waals surface area contributed by atoms with Gasteiger partial charge >= 0.3 is 0 Å². The zero-order chi connectivity index (χ0) is 21.0. The second-order valence-electron chi connectivity index (χ2n) is 7.53. The number of fused-ring (bicyclic) bond motifs is 1. The molecular formula is C21H31N7O. The van der Waals surface area contributed by atoms with Crippen LogP contribution in [-0.2, 0) is 6.54 Å². The average molecular weight is 398 g/mol. The summed E-state index contributed by atoms with van der Waals surface area (Å²) in [5.74, 6) is 1.40. The third-order valence-electron chi connectivity index (χ3n) is 5.02. The molecule has 3 aromatic rings. The Bertz CT molecular complexity index is 963. The first-order chi connectivity index (χ1) is 13.9. The summed E-state index contributed by atoms with van der Waals surface area (Å²) in [5, 5.41) is 16.7. The number of nitrogens with zero attached hydrogens (tertiary/aromatic N) is 4. The van der Waals surface area contributed by atoms with Crippen molar-refractivity contribution in [1.82, 2.24) is 19.5 Å². The van der Waals surface area contributed by atoms with Crippen molar-refractivity contribution in [2.75, 3.05) is 17.2 Å². The molecule has 8 heteroatoms. The van der Waals surface area contributed by atoms with Crippen molar-refractivity contribution in [3.05, 3.63) is 35.7 Å². The molecule has 1 aromatic carbocycles. The van der Waals surface area contributed by atoms with Gasteiger partial charge in [-0.1, -0.05) is 31.5 Å². The van der Waals surface area contributed by atoms with Gasteiger partial charge in [0.25, 0.3) is 0 Å². The fraction of sp³-hybridized carbons (Fsp3) is 0.476. The first-order valence-electron chi connectivity index (χ1n) is 10.2. The number of hydrogen-bond acceptors (Lipinski definition) is 7. The molecule has 2 heterocycles. The average Bonchev–Trinajstić information content (AvgIpc) is 3.12. The van der Waals surface area contributed by atoms with Crippen molar-refractivity contribution in [2.45, 2.75) is 59.2 Å². The fourth-order valence-corrected chi connectivity index (χ4v) is 3.36. The monoisotopic (exact) mass is 397 g/mol. The van der Waals surface area contributed by atoms with Gasteiger partial charge < -0.3 is 26.0 Å². The smallest absolute Gasteiger partial charge is 0.226 e. The SMILES string of the molecule is CCC(CC)n1cnc2c(NCc3cc(C)ccc3O)nc(NCC(C)N)nc21. The largest absolute Gasteiger partial charge is 0.508 e. The van der Waals surface area contributed by atoms with Crippen LogP contribution in [0.3, 0.4) is 0 Å². The van der Waals surface area contributed by atoms with Gasteiger partial charge in [-0.05, 0) is 32.8 Å². The molecule has 8 nitrogen and oxygen atoms in total. The van der Waals surface area contributed by atoms with E-state index in [2.05, 4.69) is 39.0 Å². The van der Waals surface area contributed by atoms with Crippen LogP contribution in [0, 0.1) is 6.92 Å². The van der Waals surface area contributed by atoms with E-state index in [1.165, 1.54) is 0 Å². The second kappa shape index (κ2) is 9.09. The molecule has 0 radical (unpaired) electrons. The van der Waals surface area contributed by atoms with Crippen molar-refractivity contribution in [3.8, 4) is 5.75 Å². The van der Waals surface area contributed by atoms with E-state index in [0.29, 0.717) is 30.9 Å². The Morgan fingerprint density at radius 2 is 1.93 bits per heavy atom. The van der Waals surface area contributed by atoms with E-state index in [0.717, 1.165) is 35.1 Å². The van der Waals surface area contributed by atoms with Crippen LogP contribution in [0.4, 0.5) is 11.8 Å². The van der Waals surface area contributed by atoms with E-state index in [9.17, 15) is 5.11 Å². The van der Waals surface area contributed by atoms with Crippen LogP contribution in [-0.4, -0.2) is 37.2 Å². The Morgan fingerprint density at radius 3 is 2.62 bits per heavy atom. The molecule has 0 saturated carbocycles. The summed E-state index contributed by atoms with van der Waals surface area (Å²) in [4.78, 5) is 13.9. The number of anilines is 2. The van der Waals surface area contributed by atoms with Gasteiger partial charge in [0.2, 0.25) is 5.95 Å². The molecule has 0 amide bonds. The van der Waals surface area contributed by atoms with Crippen molar-refractivity contribution in [2.24, 2.45) is 5.73 Å². The minimum Gasteiger partial charge on any atom is -0.508 e. The third kappa shape index (κ3) is 4.76. The Morgan fingerprint density at radius 1 is 1.17 bits per heavy atom.